The fourth-order valence-corrected chi connectivity index (χ4v) is 5.30. The van der Waals surface area contributed by atoms with Crippen LogP contribution in [0.2, 0.25) is 0 Å². The first-order chi connectivity index (χ1) is 20.2. The Kier molecular flexibility index (Phi) is 9.98. The van der Waals surface area contributed by atoms with Gasteiger partial charge in [0.25, 0.3) is 5.91 Å². The maximum Gasteiger partial charge on any atom is 0.320 e. The van der Waals surface area contributed by atoms with E-state index in [0.29, 0.717) is 35.7 Å². The average Bonchev–Trinajstić information content (AvgIpc) is 3.19. The number of benzene rings is 3. The van der Waals surface area contributed by atoms with E-state index in [9.17, 15) is 14.4 Å². The molecule has 2 atom stereocenters. The van der Waals surface area contributed by atoms with Gasteiger partial charge >= 0.3 is 6.03 Å². The number of primary amides is 1. The van der Waals surface area contributed by atoms with Crippen LogP contribution >= 0.6 is 0 Å². The van der Waals surface area contributed by atoms with Crippen molar-refractivity contribution in [2.45, 2.75) is 58.3 Å². The first-order valence-corrected chi connectivity index (χ1v) is 14.4. The van der Waals surface area contributed by atoms with Gasteiger partial charge in [0.05, 0.1) is 18.2 Å². The van der Waals surface area contributed by atoms with Crippen LogP contribution in [0.1, 0.15) is 54.9 Å². The molecular formula is C33H40N4O5. The number of carbonyl (C=O) groups excluding carboxylic acids is 3. The van der Waals surface area contributed by atoms with Gasteiger partial charge in [-0.05, 0) is 50.5 Å². The molecule has 3 aromatic rings. The third kappa shape index (κ3) is 6.48. The van der Waals surface area contributed by atoms with Crippen LogP contribution in [0.5, 0.6) is 0 Å². The molecule has 0 radical (unpaired) electrons. The van der Waals surface area contributed by atoms with Gasteiger partial charge in [0, 0.05) is 24.5 Å². The van der Waals surface area contributed by atoms with Crippen molar-refractivity contribution in [1.82, 2.24) is 5.32 Å². The largest absolute Gasteiger partial charge is 0.369 e. The predicted molar refractivity (Wildman–Crippen MR) is 163 cm³/mol. The molecule has 0 spiro atoms. The second-order valence-corrected chi connectivity index (χ2v) is 10.6. The van der Waals surface area contributed by atoms with E-state index < -0.39 is 35.6 Å². The van der Waals surface area contributed by atoms with Crippen LogP contribution in [0.25, 0.3) is 0 Å². The number of hydrogen-bond acceptors (Lipinski definition) is 5. The molecule has 42 heavy (non-hydrogen) atoms. The zero-order chi connectivity index (χ0) is 30.3. The molecule has 0 saturated carbocycles. The van der Waals surface area contributed by atoms with Crippen LogP contribution in [-0.2, 0) is 24.6 Å². The highest BCUT2D eigenvalue weighted by atomic mass is 16.7. The van der Waals surface area contributed by atoms with E-state index >= 15 is 0 Å². The monoisotopic (exact) mass is 572 g/mol. The molecule has 4 N–H and O–H groups in total. The van der Waals surface area contributed by atoms with Gasteiger partial charge in [0.1, 0.15) is 0 Å². The van der Waals surface area contributed by atoms with Gasteiger partial charge in [-0.25, -0.2) is 4.79 Å². The third-order valence-corrected chi connectivity index (χ3v) is 7.30. The Morgan fingerprint density at radius 3 is 2.02 bits per heavy atom. The molecule has 222 valence electrons. The molecule has 0 fully saturated rings. The van der Waals surface area contributed by atoms with Crippen LogP contribution in [0, 0.1) is 13.8 Å². The van der Waals surface area contributed by atoms with Crippen molar-refractivity contribution in [2.24, 2.45) is 5.73 Å². The van der Waals surface area contributed by atoms with E-state index in [-0.39, 0.29) is 6.54 Å². The lowest BCUT2D eigenvalue weighted by atomic mass is 9.74. The molecule has 1 heterocycles. The first kappa shape index (κ1) is 30.7. The van der Waals surface area contributed by atoms with Crippen LogP contribution in [0.3, 0.4) is 0 Å². The molecule has 1 aliphatic heterocycles. The Bertz CT molecular complexity index is 1380. The molecule has 0 saturated heterocycles. The van der Waals surface area contributed by atoms with Crippen molar-refractivity contribution in [3.8, 4) is 0 Å². The van der Waals surface area contributed by atoms with Crippen LogP contribution in [0.4, 0.5) is 16.2 Å². The lowest BCUT2D eigenvalue weighted by molar-refractivity contribution is -0.142. The number of urea groups is 1. The molecule has 4 amide bonds. The summed E-state index contributed by atoms with van der Waals surface area (Å²) in [5, 5.41) is 5.74. The van der Waals surface area contributed by atoms with Gasteiger partial charge in [0.2, 0.25) is 5.91 Å². The van der Waals surface area contributed by atoms with Crippen LogP contribution in [-0.4, -0.2) is 43.9 Å². The number of hydrogen-bond donors (Lipinski definition) is 3. The zero-order valence-corrected chi connectivity index (χ0v) is 24.7. The first-order valence-electron chi connectivity index (χ1n) is 14.4. The smallest absolute Gasteiger partial charge is 0.320 e. The fraction of sp³-hybridized carbons (Fsp3) is 0.364. The molecule has 1 aliphatic rings. The number of fused-ring (bicyclic) bond motifs is 1. The Morgan fingerprint density at radius 2 is 1.45 bits per heavy atom. The highest BCUT2D eigenvalue weighted by molar-refractivity contribution is 6.13. The van der Waals surface area contributed by atoms with Gasteiger partial charge in [-0.1, -0.05) is 79.6 Å². The molecule has 2 unspecified atom stereocenters. The highest BCUT2D eigenvalue weighted by Gasteiger charge is 2.59. The van der Waals surface area contributed by atoms with Crippen LogP contribution in [0.15, 0.2) is 72.8 Å². The Labute approximate surface area is 247 Å². The summed E-state index contributed by atoms with van der Waals surface area (Å²) in [7, 11) is 0. The van der Waals surface area contributed by atoms with E-state index in [2.05, 4.69) is 10.6 Å². The molecule has 0 aliphatic carbocycles. The number of nitrogens with one attached hydrogen (secondary N) is 2. The topological polar surface area (TPSA) is 123 Å². The van der Waals surface area contributed by atoms with Gasteiger partial charge in [0.15, 0.2) is 11.8 Å². The van der Waals surface area contributed by atoms with Gasteiger partial charge < -0.3 is 30.7 Å². The molecule has 3 aromatic carbocycles. The number of amides is 4. The van der Waals surface area contributed by atoms with Crippen molar-refractivity contribution in [3.05, 3.63) is 95.1 Å². The summed E-state index contributed by atoms with van der Waals surface area (Å²) in [6, 6.07) is 21.0. The third-order valence-electron chi connectivity index (χ3n) is 7.30. The van der Waals surface area contributed by atoms with E-state index in [0.717, 1.165) is 24.0 Å². The minimum absolute atomic E-state index is 0.0677. The maximum atomic E-state index is 14.8. The van der Waals surface area contributed by atoms with E-state index in [1.165, 1.54) is 4.90 Å². The number of rotatable bonds is 13. The number of ether oxygens (including phenoxy) is 2. The lowest BCUT2D eigenvalue weighted by Crippen LogP contribution is -2.60. The minimum Gasteiger partial charge on any atom is -0.369 e. The van der Waals surface area contributed by atoms with Crippen molar-refractivity contribution in [1.29, 1.82) is 0 Å². The summed E-state index contributed by atoms with van der Waals surface area (Å²) >= 11 is 0. The summed E-state index contributed by atoms with van der Waals surface area (Å²) in [6.07, 6.45) is 0.849. The zero-order valence-electron chi connectivity index (χ0n) is 24.7. The summed E-state index contributed by atoms with van der Waals surface area (Å²) < 4.78 is 11.9. The van der Waals surface area contributed by atoms with E-state index in [1.54, 1.807) is 42.5 Å². The second-order valence-electron chi connectivity index (χ2n) is 10.6. The molecular weight excluding hydrogens is 532 g/mol. The number of aryl methyl sites for hydroxylation is 2. The maximum absolute atomic E-state index is 14.8. The Hall–Kier alpha value is -4.21. The fourth-order valence-electron chi connectivity index (χ4n) is 5.30. The number of para-hydroxylation sites is 1. The van der Waals surface area contributed by atoms with Gasteiger partial charge in [-0.2, -0.15) is 0 Å². The normalized spacial score (nSPS) is 16.8. The van der Waals surface area contributed by atoms with Crippen molar-refractivity contribution >= 4 is 29.2 Å². The van der Waals surface area contributed by atoms with E-state index in [4.69, 9.17) is 15.2 Å². The highest BCUT2D eigenvalue weighted by Crippen LogP contribution is 2.48. The average molecular weight is 573 g/mol. The minimum atomic E-state index is -1.84. The molecule has 0 aromatic heterocycles. The summed E-state index contributed by atoms with van der Waals surface area (Å²) in [4.78, 5) is 43.3. The standard InChI is InChI=1S/C33H40N4O5/c1-5-19-41-28(42-20-6-2)21-37-27-10-8-7-9-26(27)33(31(37)39,29(30(34)38)24-15-11-22(3)12-16-24)36-32(40)35-25-17-13-23(4)14-18-25/h7-18,28-29H,5-6,19-21H2,1-4H3,(H2,34,38)(H2,35,36,40). The van der Waals surface area contributed by atoms with Crippen LogP contribution < -0.4 is 21.3 Å². The Morgan fingerprint density at radius 1 is 0.881 bits per heavy atom. The molecule has 9 heteroatoms. The number of nitrogens with two attached hydrogens (primary N) is 1. The molecule has 0 bridgehead atoms. The number of anilines is 2. The SMILES string of the molecule is CCCOC(CN1C(=O)C(NC(=O)Nc2ccc(C)cc2)(C(C(N)=O)c2ccc(C)cc2)c2ccccc21)OCCC. The summed E-state index contributed by atoms with van der Waals surface area (Å²) in [5.41, 5.74) is 8.30. The number of carbonyl (C=O) groups is 3. The Balaban J connectivity index is 1.83. The van der Waals surface area contributed by atoms with Crippen molar-refractivity contribution in [2.75, 3.05) is 30.0 Å². The molecule has 4 rings (SSSR count). The second kappa shape index (κ2) is 13.6. The van der Waals surface area contributed by atoms with Crippen molar-refractivity contribution < 1.29 is 23.9 Å². The van der Waals surface area contributed by atoms with E-state index in [1.807, 2.05) is 58.0 Å². The van der Waals surface area contributed by atoms with Gasteiger partial charge in [-0.15, -0.1) is 0 Å². The molecule has 9 nitrogen and oxygen atoms in total. The summed E-state index contributed by atoms with van der Waals surface area (Å²) in [6.45, 7) is 8.83. The summed E-state index contributed by atoms with van der Waals surface area (Å²) in [5.74, 6) is -2.47. The van der Waals surface area contributed by atoms with Crippen molar-refractivity contribution in [3.63, 3.8) is 0 Å². The quantitative estimate of drug-likeness (QED) is 0.246. The number of nitrogens with zero attached hydrogens (tertiary/aromatic N) is 1. The van der Waals surface area contributed by atoms with Gasteiger partial charge in [-0.3, -0.25) is 9.59 Å². The lowest BCUT2D eigenvalue weighted by Gasteiger charge is -2.36. The predicted octanol–water partition coefficient (Wildman–Crippen LogP) is 5.12.